The van der Waals surface area contributed by atoms with Gasteiger partial charge in [0, 0.05) is 32.2 Å². The minimum atomic E-state index is -1.17. The van der Waals surface area contributed by atoms with Crippen LogP contribution in [-0.4, -0.2) is 87.4 Å². The molecule has 1 aliphatic carbocycles. The number of carbonyl (C=O) groups is 6. The molecule has 3 aliphatic rings. The van der Waals surface area contributed by atoms with Gasteiger partial charge < -0.3 is 30.4 Å². The van der Waals surface area contributed by atoms with Crippen LogP contribution < -0.4 is 16.1 Å². The summed E-state index contributed by atoms with van der Waals surface area (Å²) in [7, 11) is 0. The Kier molecular flexibility index (Phi) is 20.3. The summed E-state index contributed by atoms with van der Waals surface area (Å²) in [4.78, 5) is 81.1. The molecule has 7 atom stereocenters. The summed E-state index contributed by atoms with van der Waals surface area (Å²) in [6, 6.07) is 3.19. The number of benzene rings is 1. The number of aromatic hydroxyl groups is 1. The number of cyclic esters (lactones) is 1. The van der Waals surface area contributed by atoms with Crippen LogP contribution in [0.1, 0.15) is 124 Å². The molecule has 13 nitrogen and oxygen atoms in total. The molecule has 4 rings (SSSR count). The fraction of sp³-hybridized carbons (Fsp3) is 0.592. The molecule has 1 aromatic rings. The number of aliphatic hydroxyl groups excluding tert-OH is 1. The lowest BCUT2D eigenvalue weighted by molar-refractivity contribution is -0.156. The predicted octanol–water partition coefficient (Wildman–Crippen LogP) is 6.29. The first-order chi connectivity index (χ1) is 29.6. The van der Waals surface area contributed by atoms with Crippen molar-refractivity contribution in [3.05, 3.63) is 77.9 Å². The second-order valence-electron chi connectivity index (χ2n) is 17.8. The van der Waals surface area contributed by atoms with Crippen molar-refractivity contribution in [1.29, 1.82) is 0 Å². The SMILES string of the molecule is CC(=O)CCC1C(=O)NC(C(C)C)C(=O)NC(Cc2cccc(O)c2)C(=O)N2CCCC(N2)C(=O)OC(C(C)=CC=CC(=O)CCC2CCCCC2)CC=CC=CCC(C)C1O. The number of fused-ring (bicyclic) bond motifs is 2. The Balaban J connectivity index is 1.64. The van der Waals surface area contributed by atoms with Gasteiger partial charge in [0.15, 0.2) is 5.78 Å². The molecule has 1 aromatic carbocycles. The average molecular weight is 859 g/mol. The maximum atomic E-state index is 14.4. The number of ether oxygens (including phenoxy) is 1. The van der Waals surface area contributed by atoms with Gasteiger partial charge in [0.05, 0.1) is 12.0 Å². The van der Waals surface area contributed by atoms with Crippen molar-refractivity contribution < 1.29 is 43.7 Å². The highest BCUT2D eigenvalue weighted by molar-refractivity contribution is 5.93. The molecule has 62 heavy (non-hydrogen) atoms. The molecule has 1 saturated heterocycles. The van der Waals surface area contributed by atoms with Gasteiger partial charge in [0.25, 0.3) is 5.91 Å². The summed E-state index contributed by atoms with van der Waals surface area (Å²) in [5, 5.41) is 28.7. The van der Waals surface area contributed by atoms with Gasteiger partial charge in [-0.25, -0.2) is 5.43 Å². The third-order valence-corrected chi connectivity index (χ3v) is 12.3. The summed E-state index contributed by atoms with van der Waals surface area (Å²) >= 11 is 0. The van der Waals surface area contributed by atoms with E-state index in [0.29, 0.717) is 43.6 Å². The van der Waals surface area contributed by atoms with Crippen molar-refractivity contribution in [2.75, 3.05) is 6.54 Å². The summed E-state index contributed by atoms with van der Waals surface area (Å²) < 4.78 is 6.12. The van der Waals surface area contributed by atoms with E-state index in [4.69, 9.17) is 4.74 Å². The van der Waals surface area contributed by atoms with Gasteiger partial charge in [-0.05, 0) is 93.1 Å². The molecule has 13 heteroatoms. The number of hydrogen-bond donors (Lipinski definition) is 5. The molecule has 5 N–H and O–H groups in total. The maximum absolute atomic E-state index is 14.4. The van der Waals surface area contributed by atoms with Crippen LogP contribution in [0.2, 0.25) is 0 Å². The summed E-state index contributed by atoms with van der Waals surface area (Å²) in [6.45, 7) is 8.82. The van der Waals surface area contributed by atoms with Crippen molar-refractivity contribution in [3.63, 3.8) is 0 Å². The zero-order valence-corrected chi connectivity index (χ0v) is 37.4. The molecule has 2 fully saturated rings. The van der Waals surface area contributed by atoms with E-state index in [1.54, 1.807) is 44.2 Å². The number of hydrazine groups is 1. The van der Waals surface area contributed by atoms with Gasteiger partial charge >= 0.3 is 5.97 Å². The molecule has 0 aromatic heterocycles. The number of ketones is 2. The number of nitrogens with one attached hydrogen (secondary N) is 3. The molecule has 0 spiro atoms. The van der Waals surface area contributed by atoms with Gasteiger partial charge in [-0.2, -0.15) is 0 Å². The highest BCUT2D eigenvalue weighted by Gasteiger charge is 2.38. The summed E-state index contributed by atoms with van der Waals surface area (Å²) in [5.41, 5.74) is 4.34. The third-order valence-electron chi connectivity index (χ3n) is 12.3. The van der Waals surface area contributed by atoms with E-state index >= 15 is 0 Å². The van der Waals surface area contributed by atoms with Crippen LogP contribution in [-0.2, 0) is 39.9 Å². The van der Waals surface area contributed by atoms with Crippen molar-refractivity contribution in [2.24, 2.45) is 23.7 Å². The van der Waals surface area contributed by atoms with E-state index in [0.717, 1.165) is 12.0 Å². The number of Topliss-reactive ketones (excluding diaryl/α,β-unsaturated/α-hetero) is 1. The van der Waals surface area contributed by atoms with E-state index in [9.17, 15) is 39.0 Å². The van der Waals surface area contributed by atoms with Crippen LogP contribution in [0.5, 0.6) is 5.75 Å². The Morgan fingerprint density at radius 1 is 0.919 bits per heavy atom. The van der Waals surface area contributed by atoms with Gasteiger partial charge in [-0.3, -0.25) is 29.0 Å². The van der Waals surface area contributed by atoms with Gasteiger partial charge in [0.2, 0.25) is 11.8 Å². The minimum absolute atomic E-state index is 0.00892. The molecule has 0 radical (unpaired) electrons. The largest absolute Gasteiger partial charge is 0.508 e. The number of phenols is 1. The number of carbonyl (C=O) groups excluding carboxylic acids is 6. The molecular weight excluding hydrogens is 789 g/mol. The summed E-state index contributed by atoms with van der Waals surface area (Å²) in [6.07, 6.45) is 19.9. The van der Waals surface area contributed by atoms with Crippen LogP contribution in [0.25, 0.3) is 0 Å². The predicted molar refractivity (Wildman–Crippen MR) is 238 cm³/mol. The number of hydrogen-bond acceptors (Lipinski definition) is 10. The summed E-state index contributed by atoms with van der Waals surface area (Å²) in [5.74, 6) is -3.59. The lowest BCUT2D eigenvalue weighted by Gasteiger charge is -2.36. The molecule has 7 unspecified atom stereocenters. The smallest absolute Gasteiger partial charge is 0.325 e. The van der Waals surface area contributed by atoms with Crippen LogP contribution >= 0.6 is 0 Å². The number of esters is 1. The lowest BCUT2D eigenvalue weighted by atomic mass is 9.85. The Morgan fingerprint density at radius 3 is 2.34 bits per heavy atom. The second-order valence-corrected chi connectivity index (χ2v) is 17.8. The molecule has 1 saturated carbocycles. The van der Waals surface area contributed by atoms with Crippen molar-refractivity contribution in [2.45, 2.75) is 155 Å². The van der Waals surface area contributed by atoms with E-state index in [-0.39, 0.29) is 43.1 Å². The van der Waals surface area contributed by atoms with E-state index < -0.39 is 71.8 Å². The monoisotopic (exact) mass is 859 g/mol. The molecule has 2 aliphatic heterocycles. The number of rotatable bonds is 12. The topological polar surface area (TPSA) is 191 Å². The fourth-order valence-corrected chi connectivity index (χ4v) is 8.35. The zero-order chi connectivity index (χ0) is 45.2. The lowest BCUT2D eigenvalue weighted by Crippen LogP contribution is -2.62. The van der Waals surface area contributed by atoms with E-state index in [1.165, 1.54) is 56.2 Å². The van der Waals surface area contributed by atoms with Crippen LogP contribution in [0.15, 0.2) is 72.4 Å². The number of amides is 3. The van der Waals surface area contributed by atoms with Crippen molar-refractivity contribution in [1.82, 2.24) is 21.1 Å². The Bertz CT molecular complexity index is 1810. The number of nitrogens with zero attached hydrogens (tertiary/aromatic N) is 1. The fourth-order valence-electron chi connectivity index (χ4n) is 8.35. The minimum Gasteiger partial charge on any atom is -0.508 e. The van der Waals surface area contributed by atoms with E-state index in [2.05, 4.69) is 16.1 Å². The molecule has 2 bridgehead atoms. The molecular formula is C49H70N4O9. The van der Waals surface area contributed by atoms with Crippen molar-refractivity contribution >= 4 is 35.3 Å². The van der Waals surface area contributed by atoms with Crippen LogP contribution in [0.4, 0.5) is 0 Å². The zero-order valence-electron chi connectivity index (χ0n) is 37.4. The van der Waals surface area contributed by atoms with Gasteiger partial charge in [-0.15, -0.1) is 0 Å². The van der Waals surface area contributed by atoms with Crippen molar-refractivity contribution in [3.8, 4) is 5.75 Å². The van der Waals surface area contributed by atoms with Gasteiger partial charge in [0.1, 0.15) is 35.8 Å². The molecule has 3 amide bonds. The Labute approximate surface area is 367 Å². The van der Waals surface area contributed by atoms with Crippen LogP contribution in [0, 0.1) is 23.7 Å². The standard InChI is InChI=1S/C49H70N4O9/c1-32(2)44-47(59)50-42(31-37-20-14-22-39(56)30-37)48(60)53-29-15-23-41(52-53)49(61)62-43(33(3)17-13-21-38(55)27-26-36-18-10-8-11-19-36)24-12-7-6-9-16-34(4)45(57)40(46(58)51-44)28-25-35(5)54/h6-7,9,12-14,17,20-22,30,32,34,36,40-45,52,56-57H,8,10-11,15-16,18-19,23-29,31H2,1-5H3,(H,50,59)(H,51,58). The molecule has 2 heterocycles. The first kappa shape index (κ1) is 49.8. The number of phenolic OH excluding ortho intramolecular Hbond substituents is 1. The first-order valence-electron chi connectivity index (χ1n) is 22.7. The maximum Gasteiger partial charge on any atom is 0.325 e. The normalized spacial score (nSPS) is 27.0. The highest BCUT2D eigenvalue weighted by Crippen LogP contribution is 2.28. The number of allylic oxidation sites excluding steroid dienone is 6. The average Bonchev–Trinajstić information content (AvgIpc) is 3.24. The first-order valence-corrected chi connectivity index (χ1v) is 22.7. The second kappa shape index (κ2) is 25.3. The number of aliphatic hydroxyl groups is 1. The quantitative estimate of drug-likeness (QED) is 0.0908. The van der Waals surface area contributed by atoms with Crippen LogP contribution in [0.3, 0.4) is 0 Å². The highest BCUT2D eigenvalue weighted by atomic mass is 16.5. The van der Waals surface area contributed by atoms with Gasteiger partial charge in [-0.1, -0.05) is 101 Å². The Hall–Kier alpha value is -4.88. The molecule has 340 valence electrons. The third kappa shape index (κ3) is 16.1. The van der Waals surface area contributed by atoms with E-state index in [1.807, 2.05) is 38.2 Å². The Morgan fingerprint density at radius 2 is 1.65 bits per heavy atom.